The average molecular weight is 317 g/mol. The Morgan fingerprint density at radius 3 is 2.78 bits per heavy atom. The molecule has 0 amide bonds. The highest BCUT2D eigenvalue weighted by Crippen LogP contribution is 2.33. The highest BCUT2D eigenvalue weighted by atomic mass is 16.6. The van der Waals surface area contributed by atoms with Gasteiger partial charge in [-0.1, -0.05) is 6.07 Å². The first kappa shape index (κ1) is 14.8. The molecule has 120 valence electrons. The molecular formula is C14H15N5O4. The van der Waals surface area contributed by atoms with Crippen LogP contribution in [0.4, 0.5) is 17.5 Å². The lowest BCUT2D eigenvalue weighted by Crippen LogP contribution is -2.16. The van der Waals surface area contributed by atoms with Crippen LogP contribution in [0.5, 0.6) is 11.5 Å². The number of nitrogens with one attached hydrogen (secondary N) is 1. The molecule has 1 aliphatic heterocycles. The maximum atomic E-state index is 10.7. The van der Waals surface area contributed by atoms with Gasteiger partial charge in [0.05, 0.1) is 11.0 Å². The number of aromatic nitrogens is 2. The van der Waals surface area contributed by atoms with Crippen LogP contribution in [0.2, 0.25) is 0 Å². The Bertz CT molecular complexity index is 752. The monoisotopic (exact) mass is 317 g/mol. The van der Waals surface area contributed by atoms with Crippen LogP contribution in [0.15, 0.2) is 24.4 Å². The number of benzene rings is 1. The highest BCUT2D eigenvalue weighted by molar-refractivity contribution is 5.54. The summed E-state index contributed by atoms with van der Waals surface area (Å²) < 4.78 is 11.0. The van der Waals surface area contributed by atoms with Crippen molar-refractivity contribution >= 4 is 17.5 Å². The lowest BCUT2D eigenvalue weighted by molar-refractivity contribution is -0.384. The summed E-state index contributed by atoms with van der Waals surface area (Å²) in [5.74, 6) is 1.44. The van der Waals surface area contributed by atoms with Crippen molar-refractivity contribution in [3.05, 3.63) is 40.1 Å². The summed E-state index contributed by atoms with van der Waals surface area (Å²) in [5.41, 5.74) is 6.18. The zero-order valence-corrected chi connectivity index (χ0v) is 12.4. The molecule has 1 atom stereocenters. The molecular weight excluding hydrogens is 302 g/mol. The number of hydrogen-bond donors (Lipinski definition) is 2. The van der Waals surface area contributed by atoms with E-state index in [1.807, 2.05) is 25.1 Å². The predicted molar refractivity (Wildman–Crippen MR) is 82.6 cm³/mol. The summed E-state index contributed by atoms with van der Waals surface area (Å²) in [6, 6.07) is 5.47. The van der Waals surface area contributed by atoms with Gasteiger partial charge in [0, 0.05) is 0 Å². The minimum Gasteiger partial charge on any atom is -0.486 e. The van der Waals surface area contributed by atoms with Gasteiger partial charge in [-0.25, -0.2) is 4.98 Å². The molecule has 9 nitrogen and oxygen atoms in total. The van der Waals surface area contributed by atoms with Crippen LogP contribution in [0, 0.1) is 10.1 Å². The van der Waals surface area contributed by atoms with Crippen molar-refractivity contribution in [2.45, 2.75) is 13.0 Å². The van der Waals surface area contributed by atoms with Gasteiger partial charge >= 0.3 is 5.69 Å². The van der Waals surface area contributed by atoms with Crippen molar-refractivity contribution in [3.8, 4) is 11.5 Å². The second kappa shape index (κ2) is 5.95. The van der Waals surface area contributed by atoms with Crippen molar-refractivity contribution in [2.75, 3.05) is 24.3 Å². The molecule has 0 radical (unpaired) electrons. The zero-order valence-electron chi connectivity index (χ0n) is 12.4. The molecule has 2 aromatic rings. The van der Waals surface area contributed by atoms with Gasteiger partial charge in [-0.05, 0) is 24.6 Å². The van der Waals surface area contributed by atoms with Crippen LogP contribution in [-0.4, -0.2) is 28.1 Å². The van der Waals surface area contributed by atoms with Gasteiger partial charge in [-0.3, -0.25) is 10.1 Å². The van der Waals surface area contributed by atoms with Crippen molar-refractivity contribution in [1.82, 2.24) is 9.97 Å². The molecule has 0 aliphatic carbocycles. The van der Waals surface area contributed by atoms with Crippen LogP contribution < -0.4 is 20.5 Å². The zero-order chi connectivity index (χ0) is 16.4. The van der Waals surface area contributed by atoms with E-state index < -0.39 is 4.92 Å². The van der Waals surface area contributed by atoms with Crippen molar-refractivity contribution < 1.29 is 14.4 Å². The number of fused-ring (bicyclic) bond motifs is 1. The summed E-state index contributed by atoms with van der Waals surface area (Å²) >= 11 is 0. The molecule has 0 saturated heterocycles. The Kier molecular flexibility index (Phi) is 3.83. The number of nitrogens with two attached hydrogens (primary N) is 1. The molecule has 0 spiro atoms. The third-order valence-electron chi connectivity index (χ3n) is 3.41. The SMILES string of the molecule is CC(Nc1ncc([N+](=O)[O-])c(N)n1)c1ccc2c(c1)OCCO2. The second-order valence-corrected chi connectivity index (χ2v) is 4.99. The number of nitro groups is 1. The van der Waals surface area contributed by atoms with E-state index in [0.717, 1.165) is 11.8 Å². The number of anilines is 2. The molecule has 1 aromatic heterocycles. The van der Waals surface area contributed by atoms with Gasteiger partial charge in [-0.2, -0.15) is 4.98 Å². The Balaban J connectivity index is 1.77. The molecule has 0 bridgehead atoms. The van der Waals surface area contributed by atoms with E-state index in [0.29, 0.717) is 24.7 Å². The number of ether oxygens (including phenoxy) is 2. The van der Waals surface area contributed by atoms with Gasteiger partial charge in [-0.15, -0.1) is 0 Å². The van der Waals surface area contributed by atoms with Crippen molar-refractivity contribution in [1.29, 1.82) is 0 Å². The van der Waals surface area contributed by atoms with Gasteiger partial charge in [0.2, 0.25) is 11.8 Å². The summed E-state index contributed by atoms with van der Waals surface area (Å²) in [4.78, 5) is 17.9. The lowest BCUT2D eigenvalue weighted by atomic mass is 10.1. The van der Waals surface area contributed by atoms with Gasteiger partial charge in [0.1, 0.15) is 19.4 Å². The fourth-order valence-corrected chi connectivity index (χ4v) is 2.21. The van der Waals surface area contributed by atoms with Gasteiger partial charge in [0.25, 0.3) is 0 Å². The number of rotatable bonds is 4. The Morgan fingerprint density at radius 1 is 1.35 bits per heavy atom. The smallest absolute Gasteiger partial charge is 0.329 e. The molecule has 3 rings (SSSR count). The van der Waals surface area contributed by atoms with Crippen molar-refractivity contribution in [3.63, 3.8) is 0 Å². The molecule has 23 heavy (non-hydrogen) atoms. The third-order valence-corrected chi connectivity index (χ3v) is 3.41. The maximum absolute atomic E-state index is 10.7. The minimum absolute atomic E-state index is 0.147. The summed E-state index contributed by atoms with van der Waals surface area (Å²) in [5, 5.41) is 13.8. The molecule has 9 heteroatoms. The normalized spacial score (nSPS) is 14.1. The van der Waals surface area contributed by atoms with Crippen LogP contribution in [-0.2, 0) is 0 Å². The molecule has 3 N–H and O–H groups in total. The van der Waals surface area contributed by atoms with Crippen LogP contribution in [0.1, 0.15) is 18.5 Å². The Hall–Kier alpha value is -3.10. The van der Waals surface area contributed by atoms with Gasteiger partial charge in [0.15, 0.2) is 11.5 Å². The molecule has 1 aliphatic rings. The van der Waals surface area contributed by atoms with E-state index in [9.17, 15) is 10.1 Å². The first-order valence-corrected chi connectivity index (χ1v) is 6.97. The van der Waals surface area contributed by atoms with E-state index in [1.165, 1.54) is 0 Å². The third kappa shape index (κ3) is 3.07. The number of nitrogens with zero attached hydrogens (tertiary/aromatic N) is 3. The second-order valence-electron chi connectivity index (χ2n) is 4.99. The van der Waals surface area contributed by atoms with E-state index in [-0.39, 0.29) is 23.5 Å². The first-order valence-electron chi connectivity index (χ1n) is 6.97. The minimum atomic E-state index is -0.622. The number of hydrogen-bond acceptors (Lipinski definition) is 8. The standard InChI is InChI=1S/C14H15N5O4/c1-8(9-2-3-11-12(6-9)23-5-4-22-11)17-14-16-7-10(19(20)21)13(15)18-14/h2-3,6-8H,4-5H2,1H3,(H3,15,16,17,18). The molecule has 1 aromatic carbocycles. The molecule has 2 heterocycles. The first-order chi connectivity index (χ1) is 11.0. The van der Waals surface area contributed by atoms with Crippen LogP contribution in [0.25, 0.3) is 0 Å². The molecule has 0 fully saturated rings. The van der Waals surface area contributed by atoms with E-state index in [2.05, 4.69) is 15.3 Å². The average Bonchev–Trinajstić information content (AvgIpc) is 2.54. The number of nitrogen functional groups attached to an aromatic ring is 1. The Morgan fingerprint density at radius 2 is 2.09 bits per heavy atom. The lowest BCUT2D eigenvalue weighted by Gasteiger charge is -2.21. The Labute approximate surface area is 131 Å². The van der Waals surface area contributed by atoms with E-state index in [4.69, 9.17) is 15.2 Å². The van der Waals surface area contributed by atoms with Gasteiger partial charge < -0.3 is 20.5 Å². The fourth-order valence-electron chi connectivity index (χ4n) is 2.21. The quantitative estimate of drug-likeness (QED) is 0.647. The fraction of sp³-hybridized carbons (Fsp3) is 0.286. The summed E-state index contributed by atoms with van der Waals surface area (Å²) in [6.07, 6.45) is 1.08. The van der Waals surface area contributed by atoms with Crippen LogP contribution in [0.3, 0.4) is 0 Å². The maximum Gasteiger partial charge on any atom is 0.329 e. The van der Waals surface area contributed by atoms with Crippen LogP contribution >= 0.6 is 0 Å². The summed E-state index contributed by atoms with van der Waals surface area (Å²) in [6.45, 7) is 2.96. The van der Waals surface area contributed by atoms with E-state index >= 15 is 0 Å². The molecule has 1 unspecified atom stereocenters. The highest BCUT2D eigenvalue weighted by Gasteiger charge is 2.17. The topological polar surface area (TPSA) is 125 Å². The summed E-state index contributed by atoms with van der Waals surface area (Å²) in [7, 11) is 0. The van der Waals surface area contributed by atoms with Crippen molar-refractivity contribution in [2.24, 2.45) is 0 Å². The largest absolute Gasteiger partial charge is 0.486 e. The predicted octanol–water partition coefficient (Wildman–Crippen LogP) is 1.91. The van der Waals surface area contributed by atoms with E-state index in [1.54, 1.807) is 0 Å². The molecule has 0 saturated carbocycles.